The first-order valence-corrected chi connectivity index (χ1v) is 8.48. The van der Waals surface area contributed by atoms with Crippen molar-refractivity contribution >= 4 is 0 Å². The van der Waals surface area contributed by atoms with Crippen LogP contribution >= 0.6 is 0 Å². The Morgan fingerprint density at radius 2 is 2.00 bits per heavy atom. The second-order valence-electron chi connectivity index (χ2n) is 6.95. The number of likely N-dealkylation sites (tertiary alicyclic amines) is 1. The number of aryl methyl sites for hydroxylation is 1. The van der Waals surface area contributed by atoms with E-state index in [2.05, 4.69) is 28.4 Å². The molecule has 0 aromatic heterocycles. The number of methoxy groups -OCH3 is 1. The molecule has 3 aliphatic rings. The van der Waals surface area contributed by atoms with Crippen molar-refractivity contribution in [2.24, 2.45) is 0 Å². The lowest BCUT2D eigenvalue weighted by atomic mass is 9.87. The van der Waals surface area contributed by atoms with Crippen LogP contribution in [0.15, 0.2) is 18.2 Å². The molecule has 21 heavy (non-hydrogen) atoms. The number of nitrogens with one attached hydrogen (secondary N) is 1. The average Bonchev–Trinajstić information content (AvgIpc) is 3.27. The summed E-state index contributed by atoms with van der Waals surface area (Å²) in [6, 6.07) is 8.85. The van der Waals surface area contributed by atoms with E-state index in [4.69, 9.17) is 4.74 Å². The molecule has 2 fully saturated rings. The fourth-order valence-electron chi connectivity index (χ4n) is 4.03. The van der Waals surface area contributed by atoms with Crippen molar-refractivity contribution in [1.82, 2.24) is 10.2 Å². The topological polar surface area (TPSA) is 24.5 Å². The molecule has 1 aromatic carbocycles. The minimum atomic E-state index is 0.647. The van der Waals surface area contributed by atoms with Crippen molar-refractivity contribution in [3.05, 3.63) is 29.3 Å². The largest absolute Gasteiger partial charge is 0.497 e. The van der Waals surface area contributed by atoms with Crippen LogP contribution in [-0.2, 0) is 12.8 Å². The van der Waals surface area contributed by atoms with Gasteiger partial charge in [-0.15, -0.1) is 0 Å². The van der Waals surface area contributed by atoms with Gasteiger partial charge in [-0.25, -0.2) is 0 Å². The number of ether oxygens (including phenoxy) is 1. The SMILES string of the molecule is COc1ccc2c(c1)CC(NC1CCN(C3CC3)C1)CC2. The van der Waals surface area contributed by atoms with E-state index in [0.29, 0.717) is 12.1 Å². The van der Waals surface area contributed by atoms with Gasteiger partial charge in [-0.1, -0.05) is 6.07 Å². The molecule has 0 spiro atoms. The highest BCUT2D eigenvalue weighted by atomic mass is 16.5. The normalized spacial score (nSPS) is 29.4. The van der Waals surface area contributed by atoms with Crippen LogP contribution in [0.2, 0.25) is 0 Å². The Balaban J connectivity index is 1.36. The van der Waals surface area contributed by atoms with E-state index in [9.17, 15) is 0 Å². The molecule has 3 nitrogen and oxygen atoms in total. The fourth-order valence-corrected chi connectivity index (χ4v) is 4.03. The van der Waals surface area contributed by atoms with E-state index in [1.807, 2.05) is 0 Å². The van der Waals surface area contributed by atoms with E-state index in [1.54, 1.807) is 7.11 Å². The molecule has 1 saturated carbocycles. The van der Waals surface area contributed by atoms with E-state index >= 15 is 0 Å². The molecule has 0 radical (unpaired) electrons. The van der Waals surface area contributed by atoms with E-state index in [1.165, 1.54) is 56.3 Å². The van der Waals surface area contributed by atoms with Gasteiger partial charge in [0.1, 0.15) is 5.75 Å². The van der Waals surface area contributed by atoms with Crippen molar-refractivity contribution in [3.63, 3.8) is 0 Å². The van der Waals surface area contributed by atoms with Crippen molar-refractivity contribution in [1.29, 1.82) is 0 Å². The summed E-state index contributed by atoms with van der Waals surface area (Å²) in [7, 11) is 1.76. The monoisotopic (exact) mass is 286 g/mol. The standard InChI is InChI=1S/C18H26N2O/c1-21-18-7-3-13-2-4-15(10-14(13)11-18)19-16-8-9-20(12-16)17-5-6-17/h3,7,11,15-17,19H,2,4-6,8-10,12H2,1H3. The third-order valence-corrected chi connectivity index (χ3v) is 5.40. The molecule has 1 aliphatic heterocycles. The summed E-state index contributed by atoms with van der Waals surface area (Å²) in [5, 5.41) is 3.93. The highest BCUT2D eigenvalue weighted by Gasteiger charge is 2.35. The molecule has 2 atom stereocenters. The lowest BCUT2D eigenvalue weighted by Crippen LogP contribution is -2.43. The first-order chi connectivity index (χ1) is 10.3. The van der Waals surface area contributed by atoms with Gasteiger partial charge in [0.25, 0.3) is 0 Å². The molecule has 0 amide bonds. The zero-order valence-electron chi connectivity index (χ0n) is 13.0. The molecule has 114 valence electrons. The summed E-state index contributed by atoms with van der Waals surface area (Å²) in [5.41, 5.74) is 3.00. The summed E-state index contributed by atoms with van der Waals surface area (Å²) >= 11 is 0. The minimum Gasteiger partial charge on any atom is -0.497 e. The molecule has 1 aromatic rings. The smallest absolute Gasteiger partial charge is 0.119 e. The fraction of sp³-hybridized carbons (Fsp3) is 0.667. The molecule has 1 N–H and O–H groups in total. The van der Waals surface area contributed by atoms with Crippen molar-refractivity contribution in [3.8, 4) is 5.75 Å². The Bertz CT molecular complexity index is 512. The number of rotatable bonds is 4. The predicted molar refractivity (Wildman–Crippen MR) is 84.9 cm³/mol. The molecule has 2 aliphatic carbocycles. The molecule has 4 rings (SSSR count). The van der Waals surface area contributed by atoms with E-state index in [-0.39, 0.29) is 0 Å². The van der Waals surface area contributed by atoms with E-state index < -0.39 is 0 Å². The van der Waals surface area contributed by atoms with Crippen LogP contribution in [0.4, 0.5) is 0 Å². The first-order valence-electron chi connectivity index (χ1n) is 8.48. The third-order valence-electron chi connectivity index (χ3n) is 5.40. The van der Waals surface area contributed by atoms with Gasteiger partial charge in [0.15, 0.2) is 0 Å². The van der Waals surface area contributed by atoms with E-state index in [0.717, 1.165) is 18.2 Å². The van der Waals surface area contributed by atoms with Gasteiger partial charge in [-0.3, -0.25) is 4.90 Å². The molecular formula is C18H26N2O. The number of hydrogen-bond donors (Lipinski definition) is 1. The zero-order valence-corrected chi connectivity index (χ0v) is 13.0. The Morgan fingerprint density at radius 3 is 2.81 bits per heavy atom. The van der Waals surface area contributed by atoms with Gasteiger partial charge < -0.3 is 10.1 Å². The van der Waals surface area contributed by atoms with Gasteiger partial charge in [-0.2, -0.15) is 0 Å². The Kier molecular flexibility index (Phi) is 3.64. The van der Waals surface area contributed by atoms with Crippen LogP contribution in [0.1, 0.15) is 36.8 Å². The highest BCUT2D eigenvalue weighted by Crippen LogP contribution is 2.31. The molecule has 1 saturated heterocycles. The summed E-state index contributed by atoms with van der Waals surface area (Å²) in [5.74, 6) is 0.996. The molecule has 3 heteroatoms. The number of fused-ring (bicyclic) bond motifs is 1. The molecule has 0 bridgehead atoms. The van der Waals surface area contributed by atoms with Crippen LogP contribution in [0.25, 0.3) is 0 Å². The van der Waals surface area contributed by atoms with Crippen LogP contribution in [0.3, 0.4) is 0 Å². The third kappa shape index (κ3) is 2.95. The van der Waals surface area contributed by atoms with Crippen LogP contribution in [-0.4, -0.2) is 43.2 Å². The van der Waals surface area contributed by atoms with Crippen molar-refractivity contribution in [2.45, 2.75) is 56.7 Å². The lowest BCUT2D eigenvalue weighted by Gasteiger charge is -2.28. The summed E-state index contributed by atoms with van der Waals surface area (Å²) in [4.78, 5) is 2.69. The zero-order chi connectivity index (χ0) is 14.2. The number of hydrogen-bond acceptors (Lipinski definition) is 3. The summed E-state index contributed by atoms with van der Waals surface area (Å²) < 4.78 is 5.37. The Labute approximate surface area is 127 Å². The maximum absolute atomic E-state index is 5.37. The predicted octanol–water partition coefficient (Wildman–Crippen LogP) is 2.38. The lowest BCUT2D eigenvalue weighted by molar-refractivity contribution is 0.308. The van der Waals surface area contributed by atoms with Gasteiger partial charge in [0.2, 0.25) is 0 Å². The van der Waals surface area contributed by atoms with Gasteiger partial charge in [0.05, 0.1) is 7.11 Å². The second kappa shape index (κ2) is 5.62. The quantitative estimate of drug-likeness (QED) is 0.920. The van der Waals surface area contributed by atoms with Crippen LogP contribution < -0.4 is 10.1 Å². The summed E-state index contributed by atoms with van der Waals surface area (Å²) in [6.07, 6.45) is 7.84. The van der Waals surface area contributed by atoms with Crippen LogP contribution in [0.5, 0.6) is 5.75 Å². The van der Waals surface area contributed by atoms with Crippen LogP contribution in [0, 0.1) is 0 Å². The second-order valence-corrected chi connectivity index (χ2v) is 6.95. The Morgan fingerprint density at radius 1 is 1.10 bits per heavy atom. The van der Waals surface area contributed by atoms with Gasteiger partial charge in [0, 0.05) is 31.2 Å². The summed E-state index contributed by atoms with van der Waals surface area (Å²) in [6.45, 7) is 2.57. The minimum absolute atomic E-state index is 0.647. The van der Waals surface area contributed by atoms with Gasteiger partial charge in [-0.05, 0) is 61.8 Å². The van der Waals surface area contributed by atoms with Crippen molar-refractivity contribution in [2.75, 3.05) is 20.2 Å². The number of nitrogens with zero attached hydrogens (tertiary/aromatic N) is 1. The maximum atomic E-state index is 5.37. The van der Waals surface area contributed by atoms with Crippen molar-refractivity contribution < 1.29 is 4.74 Å². The average molecular weight is 286 g/mol. The maximum Gasteiger partial charge on any atom is 0.119 e. The molecule has 2 unspecified atom stereocenters. The molecule has 1 heterocycles. The number of benzene rings is 1. The Hall–Kier alpha value is -1.06. The highest BCUT2D eigenvalue weighted by molar-refractivity contribution is 5.37. The van der Waals surface area contributed by atoms with Gasteiger partial charge >= 0.3 is 0 Å². The first kappa shape index (κ1) is 13.6. The molecular weight excluding hydrogens is 260 g/mol.